The summed E-state index contributed by atoms with van der Waals surface area (Å²) in [7, 11) is 3.88. The highest BCUT2D eigenvalue weighted by atomic mass is 16.4. The zero-order chi connectivity index (χ0) is 15.4. The van der Waals surface area contributed by atoms with E-state index in [4.69, 9.17) is 5.11 Å². The number of carboxylic acids is 1. The molecule has 1 heterocycles. The van der Waals surface area contributed by atoms with Gasteiger partial charge >= 0.3 is 12.0 Å². The highest BCUT2D eigenvalue weighted by molar-refractivity contribution is 5.90. The summed E-state index contributed by atoms with van der Waals surface area (Å²) in [6.07, 6.45) is 0.872. The maximum Gasteiger partial charge on any atom is 0.321 e. The summed E-state index contributed by atoms with van der Waals surface area (Å²) in [6.45, 7) is 1.11. The first-order chi connectivity index (χ1) is 9.95. The number of anilines is 2. The number of rotatable bonds is 4. The molecule has 1 fully saturated rings. The van der Waals surface area contributed by atoms with E-state index in [9.17, 15) is 9.59 Å². The molecule has 0 radical (unpaired) electrons. The van der Waals surface area contributed by atoms with Crippen molar-refractivity contribution in [2.75, 3.05) is 37.4 Å². The number of carboxylic acid groups (broad SMARTS) is 1. The van der Waals surface area contributed by atoms with Gasteiger partial charge in [0.05, 0.1) is 0 Å². The molecule has 1 aliphatic heterocycles. The van der Waals surface area contributed by atoms with Crippen molar-refractivity contribution in [1.82, 2.24) is 4.90 Å². The van der Waals surface area contributed by atoms with Crippen molar-refractivity contribution in [1.29, 1.82) is 0 Å². The van der Waals surface area contributed by atoms with Crippen LogP contribution < -0.4 is 10.2 Å². The van der Waals surface area contributed by atoms with E-state index in [0.717, 1.165) is 17.8 Å². The number of nitrogens with zero attached hydrogens (tertiary/aromatic N) is 2. The van der Waals surface area contributed by atoms with Gasteiger partial charge in [-0.3, -0.25) is 4.79 Å². The molecule has 0 aromatic heterocycles. The lowest BCUT2D eigenvalue weighted by molar-refractivity contribution is -0.138. The van der Waals surface area contributed by atoms with Crippen LogP contribution in [0, 0.1) is 5.92 Å². The van der Waals surface area contributed by atoms with Gasteiger partial charge in [-0.25, -0.2) is 4.79 Å². The molecule has 1 aromatic rings. The van der Waals surface area contributed by atoms with Gasteiger partial charge in [0.25, 0.3) is 0 Å². The van der Waals surface area contributed by atoms with Crippen LogP contribution in [0.25, 0.3) is 0 Å². The normalized spacial score (nSPS) is 17.6. The molecule has 114 valence electrons. The lowest BCUT2D eigenvalue weighted by Gasteiger charge is -2.18. The van der Waals surface area contributed by atoms with Crippen LogP contribution in [0.15, 0.2) is 24.3 Å². The van der Waals surface area contributed by atoms with E-state index in [1.165, 1.54) is 0 Å². The molecule has 1 unspecified atom stereocenters. The Kier molecular flexibility index (Phi) is 4.67. The van der Waals surface area contributed by atoms with Gasteiger partial charge in [-0.05, 0) is 30.5 Å². The largest absolute Gasteiger partial charge is 0.481 e. The predicted molar refractivity (Wildman–Crippen MR) is 81.7 cm³/mol. The standard InChI is InChI=1S/C15H21N3O3/c1-17(2)13-5-3-4-12(9-13)16-15(21)18-7-6-11(10-18)8-14(19)20/h3-5,9,11H,6-8,10H2,1-2H3,(H,16,21)(H,19,20). The summed E-state index contributed by atoms with van der Waals surface area (Å²) >= 11 is 0. The molecule has 1 saturated heterocycles. The number of carbonyl (C=O) groups excluding carboxylic acids is 1. The summed E-state index contributed by atoms with van der Waals surface area (Å²) < 4.78 is 0. The lowest BCUT2D eigenvalue weighted by atomic mass is 10.1. The maximum atomic E-state index is 12.2. The van der Waals surface area contributed by atoms with Crippen molar-refractivity contribution in [2.24, 2.45) is 5.92 Å². The molecule has 1 atom stereocenters. The average molecular weight is 291 g/mol. The predicted octanol–water partition coefficient (Wildman–Crippen LogP) is 2.08. The number of nitrogens with one attached hydrogen (secondary N) is 1. The first-order valence-electron chi connectivity index (χ1n) is 7.01. The van der Waals surface area contributed by atoms with E-state index < -0.39 is 5.97 Å². The van der Waals surface area contributed by atoms with Crippen molar-refractivity contribution in [3.63, 3.8) is 0 Å². The number of carbonyl (C=O) groups is 2. The van der Waals surface area contributed by atoms with Crippen LogP contribution >= 0.6 is 0 Å². The average Bonchev–Trinajstić information content (AvgIpc) is 2.86. The Labute approximate surface area is 124 Å². The minimum Gasteiger partial charge on any atom is -0.481 e. The van der Waals surface area contributed by atoms with Crippen molar-refractivity contribution in [3.8, 4) is 0 Å². The highest BCUT2D eigenvalue weighted by Crippen LogP contribution is 2.22. The molecule has 0 aliphatic carbocycles. The molecule has 0 saturated carbocycles. The molecule has 6 heteroatoms. The third-order valence-corrected chi connectivity index (χ3v) is 3.65. The van der Waals surface area contributed by atoms with Crippen molar-refractivity contribution >= 4 is 23.4 Å². The first-order valence-corrected chi connectivity index (χ1v) is 7.01. The summed E-state index contributed by atoms with van der Waals surface area (Å²) in [5, 5.41) is 11.7. The molecule has 2 amide bonds. The highest BCUT2D eigenvalue weighted by Gasteiger charge is 2.27. The fourth-order valence-electron chi connectivity index (χ4n) is 2.50. The Morgan fingerprint density at radius 2 is 2.19 bits per heavy atom. The van der Waals surface area contributed by atoms with Gasteiger partial charge in [-0.1, -0.05) is 6.07 Å². The summed E-state index contributed by atoms with van der Waals surface area (Å²) in [5.41, 5.74) is 1.76. The molecule has 6 nitrogen and oxygen atoms in total. The van der Waals surface area contributed by atoms with Crippen molar-refractivity contribution in [3.05, 3.63) is 24.3 Å². The van der Waals surface area contributed by atoms with E-state index >= 15 is 0 Å². The third-order valence-electron chi connectivity index (χ3n) is 3.65. The van der Waals surface area contributed by atoms with Gasteiger partial charge in [-0.2, -0.15) is 0 Å². The minimum absolute atomic E-state index is 0.0568. The lowest BCUT2D eigenvalue weighted by Crippen LogP contribution is -2.33. The quantitative estimate of drug-likeness (QED) is 0.891. The fraction of sp³-hybridized carbons (Fsp3) is 0.467. The Bertz CT molecular complexity index is 531. The molecule has 2 N–H and O–H groups in total. The van der Waals surface area contributed by atoms with Gasteiger partial charge in [0.15, 0.2) is 0 Å². The summed E-state index contributed by atoms with van der Waals surface area (Å²) in [5.74, 6) is -0.748. The van der Waals surface area contributed by atoms with E-state index in [1.807, 2.05) is 43.3 Å². The number of amides is 2. The molecule has 1 aromatic carbocycles. The fourth-order valence-corrected chi connectivity index (χ4v) is 2.50. The number of benzene rings is 1. The Hall–Kier alpha value is -2.24. The van der Waals surface area contributed by atoms with E-state index in [-0.39, 0.29) is 18.4 Å². The Morgan fingerprint density at radius 1 is 1.43 bits per heavy atom. The van der Waals surface area contributed by atoms with Crippen LogP contribution in [-0.4, -0.2) is 49.2 Å². The van der Waals surface area contributed by atoms with Crippen LogP contribution in [0.1, 0.15) is 12.8 Å². The van der Waals surface area contributed by atoms with Gasteiger partial charge in [0, 0.05) is 45.0 Å². The number of aliphatic carboxylic acids is 1. The van der Waals surface area contributed by atoms with E-state index in [0.29, 0.717) is 13.1 Å². The van der Waals surface area contributed by atoms with Crippen molar-refractivity contribution < 1.29 is 14.7 Å². The SMILES string of the molecule is CN(C)c1cccc(NC(=O)N2CCC(CC(=O)O)C2)c1. The summed E-state index contributed by atoms with van der Waals surface area (Å²) in [4.78, 5) is 26.5. The second-order valence-corrected chi connectivity index (χ2v) is 5.57. The van der Waals surface area contributed by atoms with Gasteiger partial charge in [-0.15, -0.1) is 0 Å². The number of urea groups is 1. The number of likely N-dealkylation sites (tertiary alicyclic amines) is 1. The van der Waals surface area contributed by atoms with E-state index in [1.54, 1.807) is 4.90 Å². The molecular formula is C15H21N3O3. The van der Waals surface area contributed by atoms with Crippen LogP contribution in [-0.2, 0) is 4.79 Å². The van der Waals surface area contributed by atoms with Crippen LogP contribution in [0.3, 0.4) is 0 Å². The monoisotopic (exact) mass is 291 g/mol. The van der Waals surface area contributed by atoms with Crippen LogP contribution in [0.4, 0.5) is 16.2 Å². The zero-order valence-electron chi connectivity index (χ0n) is 12.4. The van der Waals surface area contributed by atoms with Gasteiger partial charge in [0.2, 0.25) is 0 Å². The molecule has 2 rings (SSSR count). The molecule has 0 spiro atoms. The second kappa shape index (κ2) is 6.47. The number of hydrogen-bond acceptors (Lipinski definition) is 3. The maximum absolute atomic E-state index is 12.2. The molecule has 21 heavy (non-hydrogen) atoms. The van der Waals surface area contributed by atoms with Crippen molar-refractivity contribution in [2.45, 2.75) is 12.8 Å². The number of hydrogen-bond donors (Lipinski definition) is 2. The van der Waals surface area contributed by atoms with Gasteiger partial charge < -0.3 is 20.2 Å². The Balaban J connectivity index is 1.93. The third kappa shape index (κ3) is 4.11. The first kappa shape index (κ1) is 15.2. The smallest absolute Gasteiger partial charge is 0.321 e. The minimum atomic E-state index is -0.805. The Morgan fingerprint density at radius 3 is 2.86 bits per heavy atom. The molecule has 1 aliphatic rings. The second-order valence-electron chi connectivity index (χ2n) is 5.57. The zero-order valence-corrected chi connectivity index (χ0v) is 12.4. The molecular weight excluding hydrogens is 270 g/mol. The van der Waals surface area contributed by atoms with Crippen LogP contribution in [0.5, 0.6) is 0 Å². The molecule has 0 bridgehead atoms. The topological polar surface area (TPSA) is 72.9 Å². The van der Waals surface area contributed by atoms with Crippen LogP contribution in [0.2, 0.25) is 0 Å². The summed E-state index contributed by atoms with van der Waals surface area (Å²) in [6, 6.07) is 7.44. The van der Waals surface area contributed by atoms with E-state index in [2.05, 4.69) is 5.32 Å². The van der Waals surface area contributed by atoms with Gasteiger partial charge in [0.1, 0.15) is 0 Å².